The van der Waals surface area contributed by atoms with E-state index in [1.807, 2.05) is 49.4 Å². The Morgan fingerprint density at radius 2 is 1.55 bits per heavy atom. The molecule has 0 aliphatic carbocycles. The zero-order valence-electron chi connectivity index (χ0n) is 17.1. The van der Waals surface area contributed by atoms with Gasteiger partial charge in [0.15, 0.2) is 11.5 Å². The highest BCUT2D eigenvalue weighted by Gasteiger charge is 2.12. The van der Waals surface area contributed by atoms with Gasteiger partial charge in [0.05, 0.1) is 6.61 Å². The van der Waals surface area contributed by atoms with Gasteiger partial charge in [0.1, 0.15) is 6.61 Å². The molecule has 0 fully saturated rings. The van der Waals surface area contributed by atoms with E-state index in [1.165, 1.54) is 5.56 Å². The van der Waals surface area contributed by atoms with Gasteiger partial charge in [0.25, 0.3) is 0 Å². The lowest BCUT2D eigenvalue weighted by Gasteiger charge is -2.16. The Morgan fingerprint density at radius 3 is 2.26 bits per heavy atom. The van der Waals surface area contributed by atoms with Crippen LogP contribution in [0.2, 0.25) is 15.1 Å². The monoisotopic (exact) mass is 541 g/mol. The van der Waals surface area contributed by atoms with Crippen LogP contribution in [0.15, 0.2) is 59.1 Å². The fourth-order valence-electron chi connectivity index (χ4n) is 2.99. The first-order chi connectivity index (χ1) is 15.0. The van der Waals surface area contributed by atoms with Gasteiger partial charge in [-0.15, -0.1) is 0 Å². The molecule has 164 valence electrons. The van der Waals surface area contributed by atoms with Gasteiger partial charge in [-0.05, 0) is 67.4 Å². The third-order valence-corrected chi connectivity index (χ3v) is 6.21. The summed E-state index contributed by atoms with van der Waals surface area (Å²) in [4.78, 5) is 0. The maximum Gasteiger partial charge on any atom is 0.162 e. The molecule has 0 saturated carbocycles. The predicted octanol–water partition coefficient (Wildman–Crippen LogP) is 7.72. The van der Waals surface area contributed by atoms with Crippen molar-refractivity contribution >= 4 is 50.7 Å². The lowest BCUT2D eigenvalue weighted by Crippen LogP contribution is -2.17. The Morgan fingerprint density at radius 1 is 0.839 bits per heavy atom. The Hall–Kier alpha value is -1.43. The first-order valence-electron chi connectivity index (χ1n) is 9.93. The third kappa shape index (κ3) is 7.30. The van der Waals surface area contributed by atoms with E-state index in [1.54, 1.807) is 12.1 Å². The summed E-state index contributed by atoms with van der Waals surface area (Å²) in [7, 11) is 0. The fourth-order valence-corrected chi connectivity index (χ4v) is 4.05. The molecule has 0 unspecified atom stereocenters. The summed E-state index contributed by atoms with van der Waals surface area (Å²) in [6.07, 6.45) is 0.927. The molecule has 0 aromatic heterocycles. The highest BCUT2D eigenvalue weighted by Crippen LogP contribution is 2.35. The maximum absolute atomic E-state index is 6.26. The summed E-state index contributed by atoms with van der Waals surface area (Å²) >= 11 is 21.8. The van der Waals surface area contributed by atoms with Crippen LogP contribution in [-0.2, 0) is 19.6 Å². The van der Waals surface area contributed by atoms with Crippen molar-refractivity contribution in [1.82, 2.24) is 5.32 Å². The van der Waals surface area contributed by atoms with Crippen LogP contribution in [0, 0.1) is 0 Å². The summed E-state index contributed by atoms with van der Waals surface area (Å²) < 4.78 is 12.8. The van der Waals surface area contributed by atoms with Gasteiger partial charge in [-0.1, -0.05) is 68.9 Å². The van der Waals surface area contributed by atoms with Gasteiger partial charge in [-0.3, -0.25) is 0 Å². The van der Waals surface area contributed by atoms with Crippen molar-refractivity contribution in [1.29, 1.82) is 0 Å². The second-order valence-corrected chi connectivity index (χ2v) is 9.04. The Kier molecular flexibility index (Phi) is 9.36. The molecule has 3 rings (SSSR count). The van der Waals surface area contributed by atoms with Gasteiger partial charge < -0.3 is 14.8 Å². The van der Waals surface area contributed by atoms with Crippen LogP contribution < -0.4 is 14.8 Å². The van der Waals surface area contributed by atoms with Crippen LogP contribution in [0.5, 0.6) is 11.5 Å². The second kappa shape index (κ2) is 12.0. The summed E-state index contributed by atoms with van der Waals surface area (Å²) in [6.45, 7) is 4.37. The highest BCUT2D eigenvalue weighted by molar-refractivity contribution is 9.10. The van der Waals surface area contributed by atoms with Crippen molar-refractivity contribution in [3.8, 4) is 11.5 Å². The van der Waals surface area contributed by atoms with Crippen molar-refractivity contribution in [2.24, 2.45) is 0 Å². The largest absolute Gasteiger partial charge is 0.490 e. The molecular formula is C24H23BrCl3NO2. The molecule has 0 atom stereocenters. The first-order valence-corrected chi connectivity index (χ1v) is 11.9. The molecule has 0 aliphatic rings. The van der Waals surface area contributed by atoms with Gasteiger partial charge in [0, 0.05) is 31.6 Å². The van der Waals surface area contributed by atoms with E-state index < -0.39 is 0 Å². The second-order valence-electron chi connectivity index (χ2n) is 6.90. The van der Waals surface area contributed by atoms with Crippen molar-refractivity contribution in [3.05, 3.63) is 90.8 Å². The molecule has 0 spiro atoms. The predicted molar refractivity (Wildman–Crippen MR) is 133 cm³/mol. The minimum absolute atomic E-state index is 0.321. The number of hydrogen-bond acceptors (Lipinski definition) is 3. The molecule has 3 aromatic rings. The molecular weight excluding hydrogens is 521 g/mol. The molecule has 0 bridgehead atoms. The molecule has 0 radical (unpaired) electrons. The van der Waals surface area contributed by atoms with Crippen LogP contribution in [0.25, 0.3) is 0 Å². The normalized spacial score (nSPS) is 10.9. The maximum atomic E-state index is 6.26. The van der Waals surface area contributed by atoms with Crippen molar-refractivity contribution in [2.75, 3.05) is 13.2 Å². The number of ether oxygens (including phenoxy) is 2. The first kappa shape index (κ1) is 24.2. The Bertz CT molecular complexity index is 1010. The minimum Gasteiger partial charge on any atom is -0.490 e. The smallest absolute Gasteiger partial charge is 0.162 e. The molecule has 0 saturated heterocycles. The third-order valence-electron chi connectivity index (χ3n) is 4.63. The van der Waals surface area contributed by atoms with E-state index in [9.17, 15) is 0 Å². The summed E-state index contributed by atoms with van der Waals surface area (Å²) in [5, 5.41) is 5.40. The molecule has 0 aliphatic heterocycles. The number of rotatable bonds is 10. The number of hydrogen-bond donors (Lipinski definition) is 1. The quantitative estimate of drug-likeness (QED) is 0.266. The molecule has 3 nitrogen and oxygen atoms in total. The molecule has 0 heterocycles. The van der Waals surface area contributed by atoms with Crippen molar-refractivity contribution in [2.45, 2.75) is 26.5 Å². The van der Waals surface area contributed by atoms with Crippen LogP contribution in [0.4, 0.5) is 0 Å². The average molecular weight is 544 g/mol. The SMILES string of the molecule is CCOc1cc(CNCCc2ccc(Cl)cc2)c(Br)cc1OCc1ccc(Cl)cc1Cl. The van der Waals surface area contributed by atoms with E-state index in [-0.39, 0.29) is 0 Å². The molecule has 31 heavy (non-hydrogen) atoms. The van der Waals surface area contributed by atoms with Gasteiger partial charge in [0.2, 0.25) is 0 Å². The van der Waals surface area contributed by atoms with Crippen LogP contribution >= 0.6 is 50.7 Å². The topological polar surface area (TPSA) is 30.5 Å². The van der Waals surface area contributed by atoms with Crippen LogP contribution in [0.1, 0.15) is 23.6 Å². The highest BCUT2D eigenvalue weighted by atomic mass is 79.9. The van der Waals surface area contributed by atoms with E-state index >= 15 is 0 Å². The Balaban J connectivity index is 1.62. The lowest BCUT2D eigenvalue weighted by molar-refractivity contribution is 0.269. The standard InChI is InChI=1S/C24H23BrCl3NO2/c1-2-30-23-11-18(14-29-10-9-16-3-6-19(26)7-4-16)21(25)13-24(23)31-15-17-5-8-20(27)12-22(17)28/h3-8,11-13,29H,2,9-10,14-15H2,1H3. The minimum atomic E-state index is 0.321. The summed E-state index contributed by atoms with van der Waals surface area (Å²) in [6, 6.07) is 17.2. The number of halogens is 4. The van der Waals surface area contributed by atoms with Crippen LogP contribution in [0.3, 0.4) is 0 Å². The van der Waals surface area contributed by atoms with E-state index in [2.05, 4.69) is 21.2 Å². The summed E-state index contributed by atoms with van der Waals surface area (Å²) in [5.74, 6) is 1.36. The van der Waals surface area contributed by atoms with E-state index in [4.69, 9.17) is 44.3 Å². The zero-order chi connectivity index (χ0) is 22.2. The fraction of sp³-hybridized carbons (Fsp3) is 0.250. The zero-order valence-corrected chi connectivity index (χ0v) is 20.9. The van der Waals surface area contributed by atoms with Crippen molar-refractivity contribution < 1.29 is 9.47 Å². The van der Waals surface area contributed by atoms with Crippen molar-refractivity contribution in [3.63, 3.8) is 0 Å². The van der Waals surface area contributed by atoms with Crippen LogP contribution in [-0.4, -0.2) is 13.2 Å². The molecule has 3 aromatic carbocycles. The van der Waals surface area contributed by atoms with E-state index in [0.29, 0.717) is 41.3 Å². The average Bonchev–Trinajstić information content (AvgIpc) is 2.74. The van der Waals surface area contributed by atoms with Gasteiger partial charge in [-0.2, -0.15) is 0 Å². The van der Waals surface area contributed by atoms with Gasteiger partial charge in [-0.25, -0.2) is 0 Å². The number of benzene rings is 3. The summed E-state index contributed by atoms with van der Waals surface area (Å²) in [5.41, 5.74) is 3.20. The molecule has 7 heteroatoms. The van der Waals surface area contributed by atoms with Gasteiger partial charge >= 0.3 is 0 Å². The number of nitrogens with one attached hydrogen (secondary N) is 1. The lowest BCUT2D eigenvalue weighted by atomic mass is 10.1. The molecule has 0 amide bonds. The Labute approximate surface area is 206 Å². The molecule has 1 N–H and O–H groups in total. The van der Waals surface area contributed by atoms with E-state index in [0.717, 1.165) is 33.6 Å².